The van der Waals surface area contributed by atoms with Crippen molar-refractivity contribution in [1.29, 1.82) is 0 Å². The number of amides is 4. The summed E-state index contributed by atoms with van der Waals surface area (Å²) in [4.78, 5) is 51.1. The third-order valence-electron chi connectivity index (χ3n) is 5.36. The lowest BCUT2D eigenvalue weighted by Crippen LogP contribution is -2.53. The molecule has 154 valence electrons. The lowest BCUT2D eigenvalue weighted by atomic mass is 10.0. The van der Waals surface area contributed by atoms with Crippen LogP contribution in [0.25, 0.3) is 0 Å². The van der Waals surface area contributed by atoms with E-state index in [0.717, 1.165) is 16.9 Å². The molecule has 2 N–H and O–H groups in total. The molecular weight excluding hydrogens is 378 g/mol. The Bertz CT molecular complexity index is 845. The molecule has 2 unspecified atom stereocenters. The SMILES string of the molecule is CCCc1cc2c(cc1N(C(=O)C1CCC(=O)N1)C(=O)C1CCC(=O)N1)OCO2. The predicted octanol–water partition coefficient (Wildman–Crippen LogP) is 0.785. The van der Waals surface area contributed by atoms with Crippen molar-refractivity contribution in [3.63, 3.8) is 0 Å². The van der Waals surface area contributed by atoms with E-state index < -0.39 is 23.9 Å². The molecule has 0 bridgehead atoms. The third-order valence-corrected chi connectivity index (χ3v) is 5.36. The first-order valence-corrected chi connectivity index (χ1v) is 9.87. The molecule has 0 spiro atoms. The summed E-state index contributed by atoms with van der Waals surface area (Å²) in [5.41, 5.74) is 1.18. The molecule has 2 saturated heterocycles. The Morgan fingerprint density at radius 3 is 2.03 bits per heavy atom. The Labute approximate surface area is 167 Å². The molecular formula is C20H23N3O6. The quantitative estimate of drug-likeness (QED) is 0.705. The van der Waals surface area contributed by atoms with Crippen LogP contribution in [0.5, 0.6) is 11.5 Å². The minimum atomic E-state index is -0.775. The highest BCUT2D eigenvalue weighted by Gasteiger charge is 2.40. The Morgan fingerprint density at radius 1 is 1.00 bits per heavy atom. The number of hydrogen-bond acceptors (Lipinski definition) is 6. The van der Waals surface area contributed by atoms with Gasteiger partial charge in [-0.25, -0.2) is 4.90 Å². The molecule has 0 saturated carbocycles. The highest BCUT2D eigenvalue weighted by atomic mass is 16.7. The molecule has 9 heteroatoms. The lowest BCUT2D eigenvalue weighted by Gasteiger charge is -2.28. The van der Waals surface area contributed by atoms with Gasteiger partial charge in [-0.2, -0.15) is 0 Å². The molecule has 2 atom stereocenters. The van der Waals surface area contributed by atoms with Crippen LogP contribution < -0.4 is 25.0 Å². The number of carbonyl (C=O) groups excluding carboxylic acids is 4. The summed E-state index contributed by atoms with van der Waals surface area (Å²) in [6.07, 6.45) is 2.54. The first kappa shape index (κ1) is 19.2. The van der Waals surface area contributed by atoms with Gasteiger partial charge in [0.05, 0.1) is 5.69 Å². The molecule has 3 aliphatic rings. The fourth-order valence-electron chi connectivity index (χ4n) is 3.91. The van der Waals surface area contributed by atoms with E-state index in [0.29, 0.717) is 36.4 Å². The molecule has 9 nitrogen and oxygen atoms in total. The standard InChI is InChI=1S/C20H23N3O6/c1-2-3-11-8-15-16(29-10-28-15)9-14(11)23(19(26)12-4-6-17(24)21-12)20(27)13-5-7-18(25)22-13/h8-9,12-13H,2-7,10H2,1H3,(H,21,24)(H,22,25). The topological polar surface area (TPSA) is 114 Å². The van der Waals surface area contributed by atoms with Crippen molar-refractivity contribution in [2.24, 2.45) is 0 Å². The van der Waals surface area contributed by atoms with E-state index in [4.69, 9.17) is 9.47 Å². The summed E-state index contributed by atoms with van der Waals surface area (Å²) < 4.78 is 10.9. The second kappa shape index (κ2) is 7.73. The van der Waals surface area contributed by atoms with Gasteiger partial charge < -0.3 is 20.1 Å². The van der Waals surface area contributed by atoms with Crippen molar-refractivity contribution >= 4 is 29.3 Å². The van der Waals surface area contributed by atoms with Gasteiger partial charge in [0.2, 0.25) is 18.6 Å². The van der Waals surface area contributed by atoms with Gasteiger partial charge in [-0.05, 0) is 30.9 Å². The smallest absolute Gasteiger partial charge is 0.256 e. The number of anilines is 1. The summed E-state index contributed by atoms with van der Waals surface area (Å²) in [6.45, 7) is 2.07. The first-order valence-electron chi connectivity index (χ1n) is 9.87. The minimum absolute atomic E-state index is 0.0730. The van der Waals surface area contributed by atoms with Crippen LogP contribution in [0.2, 0.25) is 0 Å². The van der Waals surface area contributed by atoms with Gasteiger partial charge in [0.1, 0.15) is 12.1 Å². The molecule has 1 aromatic carbocycles. The number of carbonyl (C=O) groups is 4. The monoisotopic (exact) mass is 401 g/mol. The fraction of sp³-hybridized carbons (Fsp3) is 0.500. The summed E-state index contributed by atoms with van der Waals surface area (Å²) in [5, 5.41) is 5.27. The zero-order valence-corrected chi connectivity index (χ0v) is 16.2. The van der Waals surface area contributed by atoms with E-state index in [2.05, 4.69) is 10.6 Å². The maximum absolute atomic E-state index is 13.3. The second-order valence-electron chi connectivity index (χ2n) is 7.41. The molecule has 4 amide bonds. The number of fused-ring (bicyclic) bond motifs is 1. The highest BCUT2D eigenvalue weighted by molar-refractivity contribution is 6.20. The highest BCUT2D eigenvalue weighted by Crippen LogP contribution is 2.40. The number of rotatable bonds is 5. The normalized spacial score (nSPS) is 22.4. The fourth-order valence-corrected chi connectivity index (χ4v) is 3.91. The van der Waals surface area contributed by atoms with E-state index >= 15 is 0 Å². The minimum Gasteiger partial charge on any atom is -0.454 e. The number of nitrogens with zero attached hydrogens (tertiary/aromatic N) is 1. The number of hydrogen-bond donors (Lipinski definition) is 2. The summed E-state index contributed by atoms with van der Waals surface area (Å²) in [7, 11) is 0. The molecule has 0 aromatic heterocycles. The Hall–Kier alpha value is -3.10. The summed E-state index contributed by atoms with van der Waals surface area (Å²) >= 11 is 0. The van der Waals surface area contributed by atoms with Crippen molar-refractivity contribution in [3.8, 4) is 11.5 Å². The summed E-state index contributed by atoms with van der Waals surface area (Å²) in [5.74, 6) is -0.415. The van der Waals surface area contributed by atoms with Gasteiger partial charge in [-0.15, -0.1) is 0 Å². The van der Waals surface area contributed by atoms with Crippen molar-refractivity contribution in [2.45, 2.75) is 57.5 Å². The van der Waals surface area contributed by atoms with E-state index in [9.17, 15) is 19.2 Å². The Balaban J connectivity index is 1.75. The van der Waals surface area contributed by atoms with Crippen LogP contribution in [0.15, 0.2) is 12.1 Å². The van der Waals surface area contributed by atoms with Crippen molar-refractivity contribution in [3.05, 3.63) is 17.7 Å². The zero-order valence-electron chi connectivity index (χ0n) is 16.2. The maximum Gasteiger partial charge on any atom is 0.256 e. The number of aryl methyl sites for hydroxylation is 1. The van der Waals surface area contributed by atoms with Crippen LogP contribution >= 0.6 is 0 Å². The predicted molar refractivity (Wildman–Crippen MR) is 101 cm³/mol. The largest absolute Gasteiger partial charge is 0.454 e. The average Bonchev–Trinajstić information content (AvgIpc) is 3.43. The van der Waals surface area contributed by atoms with Gasteiger partial charge in [-0.1, -0.05) is 13.3 Å². The van der Waals surface area contributed by atoms with Crippen molar-refractivity contribution in [2.75, 3.05) is 11.7 Å². The van der Waals surface area contributed by atoms with Crippen LogP contribution in [-0.4, -0.2) is 42.5 Å². The van der Waals surface area contributed by atoms with E-state index in [1.54, 1.807) is 12.1 Å². The van der Waals surface area contributed by atoms with Crippen LogP contribution in [-0.2, 0) is 25.6 Å². The molecule has 2 fully saturated rings. The molecule has 29 heavy (non-hydrogen) atoms. The van der Waals surface area contributed by atoms with Crippen LogP contribution in [0.3, 0.4) is 0 Å². The van der Waals surface area contributed by atoms with Crippen LogP contribution in [0, 0.1) is 0 Å². The Morgan fingerprint density at radius 2 is 1.55 bits per heavy atom. The first-order chi connectivity index (χ1) is 14.0. The summed E-state index contributed by atoms with van der Waals surface area (Å²) in [6, 6.07) is 1.87. The third kappa shape index (κ3) is 3.64. The maximum atomic E-state index is 13.3. The van der Waals surface area contributed by atoms with Crippen molar-refractivity contribution < 1.29 is 28.7 Å². The van der Waals surface area contributed by atoms with Crippen LogP contribution in [0.4, 0.5) is 5.69 Å². The van der Waals surface area contributed by atoms with Gasteiger partial charge in [0.15, 0.2) is 11.5 Å². The van der Waals surface area contributed by atoms with Crippen LogP contribution in [0.1, 0.15) is 44.6 Å². The van der Waals surface area contributed by atoms with Gasteiger partial charge >= 0.3 is 0 Å². The molecule has 3 aliphatic heterocycles. The molecule has 4 rings (SSSR count). The van der Waals surface area contributed by atoms with Gasteiger partial charge in [0.25, 0.3) is 11.8 Å². The lowest BCUT2D eigenvalue weighted by molar-refractivity contribution is -0.130. The Kier molecular flexibility index (Phi) is 5.12. The van der Waals surface area contributed by atoms with Crippen molar-refractivity contribution in [1.82, 2.24) is 10.6 Å². The van der Waals surface area contributed by atoms with E-state index in [-0.39, 0.29) is 31.4 Å². The van der Waals surface area contributed by atoms with E-state index in [1.165, 1.54) is 0 Å². The van der Waals surface area contributed by atoms with Gasteiger partial charge in [-0.3, -0.25) is 19.2 Å². The number of ether oxygens (including phenoxy) is 2. The average molecular weight is 401 g/mol. The number of nitrogens with one attached hydrogen (secondary N) is 2. The molecule has 1 aromatic rings. The molecule has 0 aliphatic carbocycles. The number of benzene rings is 1. The second-order valence-corrected chi connectivity index (χ2v) is 7.41. The van der Waals surface area contributed by atoms with E-state index in [1.807, 2.05) is 6.92 Å². The molecule has 0 radical (unpaired) electrons. The van der Waals surface area contributed by atoms with Gasteiger partial charge in [0, 0.05) is 18.9 Å². The molecule has 3 heterocycles. The zero-order chi connectivity index (χ0) is 20.5. The number of imide groups is 1.